The molecule has 6 rings (SSSR count). The van der Waals surface area contributed by atoms with Crippen LogP contribution in [0.4, 0.5) is 27.8 Å². The topological polar surface area (TPSA) is 134 Å². The number of amides is 2. The van der Waals surface area contributed by atoms with Crippen LogP contribution in [-0.4, -0.2) is 68.4 Å². The summed E-state index contributed by atoms with van der Waals surface area (Å²) in [5.41, 5.74) is 4.79. The van der Waals surface area contributed by atoms with Gasteiger partial charge in [0.25, 0.3) is 5.69 Å². The van der Waals surface area contributed by atoms with Crippen LogP contribution in [0.25, 0.3) is 27.6 Å². The Morgan fingerprint density at radius 2 is 1.79 bits per heavy atom. The maximum Gasteiger partial charge on any atom is 0.321 e. The molecule has 2 N–H and O–H groups in total. The highest BCUT2D eigenvalue weighted by molar-refractivity contribution is 7.15. The van der Waals surface area contributed by atoms with Crippen LogP contribution in [-0.2, 0) is 0 Å². The molecule has 1 fully saturated rings. The highest BCUT2D eigenvalue weighted by Gasteiger charge is 2.24. The number of carbonyl (C=O) groups is 1. The molecule has 2 amide bonds. The number of aromatic nitrogens is 4. The van der Waals surface area contributed by atoms with Crippen molar-refractivity contribution in [2.45, 2.75) is 18.9 Å². The maximum absolute atomic E-state index is 12.8. The van der Waals surface area contributed by atoms with E-state index in [0.717, 1.165) is 40.4 Å². The average molecular weight is 584 g/mol. The number of fused-ring (bicyclic) bond motifs is 1. The van der Waals surface area contributed by atoms with Crippen LogP contribution >= 0.6 is 11.3 Å². The second-order valence-electron chi connectivity index (χ2n) is 10.2. The molecule has 1 aliphatic rings. The average Bonchev–Trinajstić information content (AvgIpc) is 3.60. The monoisotopic (exact) mass is 583 g/mol. The Morgan fingerprint density at radius 1 is 1.05 bits per heavy atom. The van der Waals surface area contributed by atoms with Crippen LogP contribution in [0.15, 0.2) is 72.4 Å². The number of benzene rings is 2. The Balaban J connectivity index is 1.13. The van der Waals surface area contributed by atoms with Crippen molar-refractivity contribution >= 4 is 45.3 Å². The summed E-state index contributed by atoms with van der Waals surface area (Å²) in [6.45, 7) is 1.23. The van der Waals surface area contributed by atoms with E-state index in [1.165, 1.54) is 23.5 Å². The van der Waals surface area contributed by atoms with Crippen molar-refractivity contribution in [1.82, 2.24) is 24.3 Å². The smallest absolute Gasteiger partial charge is 0.321 e. The second-order valence-corrected chi connectivity index (χ2v) is 11.1. The first-order valence-electron chi connectivity index (χ1n) is 13.5. The Morgan fingerprint density at radius 3 is 2.48 bits per heavy atom. The van der Waals surface area contributed by atoms with Crippen molar-refractivity contribution in [1.29, 1.82) is 0 Å². The molecule has 0 aliphatic carbocycles. The molecular formula is C29H29N9O3S. The lowest BCUT2D eigenvalue weighted by Crippen LogP contribution is -2.44. The number of hydrogen-bond acceptors (Lipinski definition) is 9. The van der Waals surface area contributed by atoms with E-state index in [1.54, 1.807) is 18.3 Å². The fourth-order valence-electron chi connectivity index (χ4n) is 4.99. The first-order valence-corrected chi connectivity index (χ1v) is 14.4. The lowest BCUT2D eigenvalue weighted by molar-refractivity contribution is -0.384. The molecule has 0 atom stereocenters. The zero-order valence-electron chi connectivity index (χ0n) is 23.1. The lowest BCUT2D eigenvalue weighted by Gasteiger charge is -2.32. The van der Waals surface area contributed by atoms with Crippen molar-refractivity contribution in [3.05, 3.63) is 82.5 Å². The number of hydrogen-bond donors (Lipinski definition) is 2. The second kappa shape index (κ2) is 11.4. The summed E-state index contributed by atoms with van der Waals surface area (Å²) in [4.78, 5) is 42.2. The van der Waals surface area contributed by atoms with Crippen LogP contribution in [0.2, 0.25) is 0 Å². The Hall–Kier alpha value is -5.04. The summed E-state index contributed by atoms with van der Waals surface area (Å²) in [6, 6.07) is 16.0. The Bertz CT molecular complexity index is 1720. The number of imidazole rings is 1. The predicted octanol–water partition coefficient (Wildman–Crippen LogP) is 5.60. The molecule has 0 bridgehead atoms. The molecule has 0 unspecified atom stereocenters. The van der Waals surface area contributed by atoms with E-state index in [9.17, 15) is 14.9 Å². The van der Waals surface area contributed by atoms with Gasteiger partial charge in [-0.05, 0) is 55.3 Å². The van der Waals surface area contributed by atoms with E-state index in [2.05, 4.69) is 15.6 Å². The van der Waals surface area contributed by atoms with Gasteiger partial charge in [-0.2, -0.15) is 0 Å². The molecule has 13 heteroatoms. The number of thiazole rings is 1. The summed E-state index contributed by atoms with van der Waals surface area (Å²) >= 11 is 1.50. The number of piperidine rings is 1. The van der Waals surface area contributed by atoms with E-state index in [-0.39, 0.29) is 17.8 Å². The molecule has 1 aliphatic heterocycles. The third kappa shape index (κ3) is 5.59. The largest absolute Gasteiger partial charge is 0.378 e. The summed E-state index contributed by atoms with van der Waals surface area (Å²) in [5.74, 6) is 0.496. The number of carbonyl (C=O) groups excluding carboxylic acids is 1. The minimum Gasteiger partial charge on any atom is -0.378 e. The van der Waals surface area contributed by atoms with E-state index < -0.39 is 4.92 Å². The van der Waals surface area contributed by atoms with Gasteiger partial charge in [0.2, 0.25) is 5.95 Å². The van der Waals surface area contributed by atoms with Gasteiger partial charge in [-0.25, -0.2) is 19.7 Å². The molecule has 1 saturated heterocycles. The van der Waals surface area contributed by atoms with Gasteiger partial charge in [0.1, 0.15) is 5.69 Å². The fraction of sp³-hybridized carbons (Fsp3) is 0.241. The molecular weight excluding hydrogens is 554 g/mol. The van der Waals surface area contributed by atoms with E-state index in [0.29, 0.717) is 30.4 Å². The molecule has 0 spiro atoms. The number of nitro benzene ring substituents is 1. The predicted molar refractivity (Wildman–Crippen MR) is 164 cm³/mol. The lowest BCUT2D eigenvalue weighted by atomic mass is 10.1. The quantitative estimate of drug-likeness (QED) is 0.187. The number of rotatable bonds is 7. The van der Waals surface area contributed by atoms with Crippen molar-refractivity contribution < 1.29 is 9.72 Å². The minimum atomic E-state index is -0.417. The third-order valence-corrected chi connectivity index (χ3v) is 8.02. The zero-order chi connectivity index (χ0) is 29.2. The third-order valence-electron chi connectivity index (χ3n) is 7.26. The standard InChI is InChI=1S/C29H29N9O3S/c1-35(2)22-9-5-20(6-10-22)32-28(39)36-15-12-21(13-16-36)31-27-30-14-11-24(33-27)26-25(34-29-37(26)17-18-42-29)19-3-7-23(8-4-19)38(40)41/h3-11,14,17-18,21H,12-13,15-16H2,1-2H3,(H,32,39)(H,30,31,33). The molecule has 3 aromatic heterocycles. The molecule has 0 radical (unpaired) electrons. The highest BCUT2D eigenvalue weighted by atomic mass is 32.1. The van der Waals surface area contributed by atoms with Gasteiger partial charge in [0.15, 0.2) is 4.96 Å². The molecule has 5 aromatic rings. The van der Waals surface area contributed by atoms with Crippen LogP contribution < -0.4 is 15.5 Å². The Labute approximate surface area is 245 Å². The van der Waals surface area contributed by atoms with Crippen LogP contribution in [0, 0.1) is 10.1 Å². The number of nitro groups is 1. The van der Waals surface area contributed by atoms with Crippen LogP contribution in [0.3, 0.4) is 0 Å². The first-order chi connectivity index (χ1) is 20.4. The van der Waals surface area contributed by atoms with Crippen molar-refractivity contribution in [3.63, 3.8) is 0 Å². The van der Waals surface area contributed by atoms with Gasteiger partial charge in [-0.1, -0.05) is 0 Å². The molecule has 214 valence electrons. The summed E-state index contributed by atoms with van der Waals surface area (Å²) in [5, 5.41) is 19.5. The van der Waals surface area contributed by atoms with Gasteiger partial charge < -0.3 is 20.4 Å². The van der Waals surface area contributed by atoms with Gasteiger partial charge in [-0.3, -0.25) is 14.5 Å². The summed E-state index contributed by atoms with van der Waals surface area (Å²) < 4.78 is 1.97. The van der Waals surface area contributed by atoms with Gasteiger partial charge in [-0.15, -0.1) is 11.3 Å². The Kier molecular flexibility index (Phi) is 7.40. The van der Waals surface area contributed by atoms with Crippen molar-refractivity contribution in [2.75, 3.05) is 42.7 Å². The molecule has 42 heavy (non-hydrogen) atoms. The number of urea groups is 1. The van der Waals surface area contributed by atoms with Crippen molar-refractivity contribution in [3.8, 4) is 22.6 Å². The SMILES string of the molecule is CN(C)c1ccc(NC(=O)N2CCC(Nc3nccc(-c4c(-c5ccc([N+](=O)[O-])cc5)nc5sccn45)n3)CC2)cc1. The van der Waals surface area contributed by atoms with Crippen LogP contribution in [0.5, 0.6) is 0 Å². The number of nitrogens with zero attached hydrogens (tertiary/aromatic N) is 7. The number of anilines is 3. The first kappa shape index (κ1) is 27.1. The summed E-state index contributed by atoms with van der Waals surface area (Å²) in [7, 11) is 3.96. The fourth-order valence-corrected chi connectivity index (χ4v) is 5.70. The van der Waals surface area contributed by atoms with Gasteiger partial charge in [0, 0.05) is 80.1 Å². The van der Waals surface area contributed by atoms with E-state index in [1.807, 2.05) is 70.2 Å². The molecule has 0 saturated carbocycles. The highest BCUT2D eigenvalue weighted by Crippen LogP contribution is 2.34. The zero-order valence-corrected chi connectivity index (χ0v) is 23.9. The molecule has 2 aromatic carbocycles. The maximum atomic E-state index is 12.8. The van der Waals surface area contributed by atoms with Crippen LogP contribution in [0.1, 0.15) is 12.8 Å². The van der Waals surface area contributed by atoms with Gasteiger partial charge >= 0.3 is 6.03 Å². The van der Waals surface area contributed by atoms with E-state index in [4.69, 9.17) is 9.97 Å². The molecule has 4 heterocycles. The normalized spacial score (nSPS) is 13.7. The number of nitrogens with one attached hydrogen (secondary N) is 2. The summed E-state index contributed by atoms with van der Waals surface area (Å²) in [6.07, 6.45) is 5.16. The van der Waals surface area contributed by atoms with Gasteiger partial charge in [0.05, 0.1) is 16.3 Å². The minimum absolute atomic E-state index is 0.0250. The van der Waals surface area contributed by atoms with E-state index >= 15 is 0 Å². The number of non-ortho nitro benzene ring substituents is 1. The van der Waals surface area contributed by atoms with Crippen molar-refractivity contribution in [2.24, 2.45) is 0 Å². The molecule has 12 nitrogen and oxygen atoms in total. The number of likely N-dealkylation sites (tertiary alicyclic amines) is 1.